The van der Waals surface area contributed by atoms with Crippen LogP contribution >= 0.6 is 0 Å². The van der Waals surface area contributed by atoms with E-state index < -0.39 is 0 Å². The number of aliphatic hydroxyl groups is 1. The van der Waals surface area contributed by atoms with Crippen LogP contribution in [-0.4, -0.2) is 41.8 Å². The Hall–Kier alpha value is -0.770. The van der Waals surface area contributed by atoms with Gasteiger partial charge in [0.1, 0.15) is 0 Å². The topological polar surface area (TPSA) is 52.6 Å². The molecule has 0 spiro atoms. The highest BCUT2D eigenvalue weighted by atomic mass is 16.3. The number of hydrogen-bond donors (Lipinski definition) is 2. The average molecular weight is 172 g/mol. The first-order chi connectivity index (χ1) is 5.65. The number of β-amino-alcohol motifs (C(OH)–C–C–N with tert-alkyl or cyclic N) is 1. The number of carbonyl (C=O) groups excluding carboxylic acids is 1. The van der Waals surface area contributed by atoms with Gasteiger partial charge in [-0.25, -0.2) is 4.79 Å². The molecule has 1 rings (SSSR count). The summed E-state index contributed by atoms with van der Waals surface area (Å²) in [5, 5.41) is 12.1. The van der Waals surface area contributed by atoms with Crippen LogP contribution in [0.4, 0.5) is 4.79 Å². The maximum atomic E-state index is 11.2. The van der Waals surface area contributed by atoms with Gasteiger partial charge >= 0.3 is 6.03 Å². The van der Waals surface area contributed by atoms with Gasteiger partial charge in [-0.2, -0.15) is 0 Å². The zero-order valence-corrected chi connectivity index (χ0v) is 7.58. The van der Waals surface area contributed by atoms with E-state index in [-0.39, 0.29) is 18.1 Å². The Morgan fingerprint density at radius 2 is 2.33 bits per heavy atom. The summed E-state index contributed by atoms with van der Waals surface area (Å²) in [5.41, 5.74) is 0. The molecule has 0 aliphatic carbocycles. The Kier molecular flexibility index (Phi) is 2.92. The van der Waals surface area contributed by atoms with Crippen LogP contribution in [0.2, 0.25) is 0 Å². The Balaban J connectivity index is 2.40. The van der Waals surface area contributed by atoms with Crippen LogP contribution in [0.25, 0.3) is 0 Å². The molecule has 1 heterocycles. The SMILES string of the molecule is CCNC(=O)N1CC(C)C(O)C1. The first-order valence-corrected chi connectivity index (χ1v) is 4.36. The highest BCUT2D eigenvalue weighted by Gasteiger charge is 2.30. The van der Waals surface area contributed by atoms with Gasteiger partial charge in [0, 0.05) is 25.6 Å². The van der Waals surface area contributed by atoms with Gasteiger partial charge in [-0.05, 0) is 6.92 Å². The van der Waals surface area contributed by atoms with E-state index in [0.29, 0.717) is 19.6 Å². The fourth-order valence-corrected chi connectivity index (χ4v) is 1.38. The van der Waals surface area contributed by atoms with E-state index in [1.165, 1.54) is 0 Å². The summed E-state index contributed by atoms with van der Waals surface area (Å²) in [6.45, 7) is 5.59. The van der Waals surface area contributed by atoms with Crippen molar-refractivity contribution in [2.24, 2.45) is 5.92 Å². The molecule has 1 fully saturated rings. The van der Waals surface area contributed by atoms with Crippen molar-refractivity contribution >= 4 is 6.03 Å². The molecule has 1 aliphatic rings. The summed E-state index contributed by atoms with van der Waals surface area (Å²) in [6.07, 6.45) is -0.354. The van der Waals surface area contributed by atoms with Gasteiger partial charge < -0.3 is 15.3 Å². The van der Waals surface area contributed by atoms with Crippen LogP contribution in [0.1, 0.15) is 13.8 Å². The minimum Gasteiger partial charge on any atom is -0.391 e. The molecule has 12 heavy (non-hydrogen) atoms. The molecule has 2 N–H and O–H groups in total. The molecule has 0 saturated carbocycles. The zero-order valence-electron chi connectivity index (χ0n) is 7.58. The standard InChI is InChI=1S/C8H16N2O2/c1-3-9-8(12)10-4-6(2)7(11)5-10/h6-7,11H,3-5H2,1-2H3,(H,9,12). The monoisotopic (exact) mass is 172 g/mol. The summed E-state index contributed by atoms with van der Waals surface area (Å²) in [5.74, 6) is 0.201. The molecule has 0 bridgehead atoms. The molecule has 70 valence electrons. The molecule has 0 aromatic rings. The number of nitrogens with zero attached hydrogens (tertiary/aromatic N) is 1. The van der Waals surface area contributed by atoms with E-state index in [1.54, 1.807) is 4.90 Å². The fraction of sp³-hybridized carbons (Fsp3) is 0.875. The first-order valence-electron chi connectivity index (χ1n) is 4.36. The van der Waals surface area contributed by atoms with Crippen LogP contribution in [0.15, 0.2) is 0 Å². The molecule has 0 aromatic heterocycles. The molecule has 1 aliphatic heterocycles. The third-order valence-electron chi connectivity index (χ3n) is 2.19. The van der Waals surface area contributed by atoms with Crippen molar-refractivity contribution in [1.82, 2.24) is 10.2 Å². The average Bonchev–Trinajstić information content (AvgIpc) is 2.33. The van der Waals surface area contributed by atoms with Gasteiger partial charge in [0.2, 0.25) is 0 Å². The molecule has 0 radical (unpaired) electrons. The van der Waals surface area contributed by atoms with E-state index in [1.807, 2.05) is 13.8 Å². The zero-order chi connectivity index (χ0) is 9.14. The molecule has 2 atom stereocenters. The third-order valence-corrected chi connectivity index (χ3v) is 2.19. The number of likely N-dealkylation sites (tertiary alicyclic amines) is 1. The van der Waals surface area contributed by atoms with Gasteiger partial charge in [-0.15, -0.1) is 0 Å². The van der Waals surface area contributed by atoms with Crippen molar-refractivity contribution in [2.45, 2.75) is 20.0 Å². The van der Waals surface area contributed by atoms with Crippen LogP contribution < -0.4 is 5.32 Å². The molecule has 2 amide bonds. The van der Waals surface area contributed by atoms with Crippen molar-refractivity contribution < 1.29 is 9.90 Å². The Morgan fingerprint density at radius 1 is 1.67 bits per heavy atom. The Bertz CT molecular complexity index is 162. The Labute approximate surface area is 72.6 Å². The second kappa shape index (κ2) is 3.76. The maximum Gasteiger partial charge on any atom is 0.317 e. The molecular formula is C8H16N2O2. The smallest absolute Gasteiger partial charge is 0.317 e. The quantitative estimate of drug-likeness (QED) is 0.586. The van der Waals surface area contributed by atoms with Crippen molar-refractivity contribution in [2.75, 3.05) is 19.6 Å². The lowest BCUT2D eigenvalue weighted by Crippen LogP contribution is -2.38. The van der Waals surface area contributed by atoms with Gasteiger partial charge in [-0.1, -0.05) is 6.92 Å². The van der Waals surface area contributed by atoms with Crippen molar-refractivity contribution in [1.29, 1.82) is 0 Å². The highest BCUT2D eigenvalue weighted by Crippen LogP contribution is 2.15. The third kappa shape index (κ3) is 1.88. The lowest BCUT2D eigenvalue weighted by Gasteiger charge is -2.15. The summed E-state index contributed by atoms with van der Waals surface area (Å²) >= 11 is 0. The number of nitrogens with one attached hydrogen (secondary N) is 1. The number of rotatable bonds is 1. The number of hydrogen-bond acceptors (Lipinski definition) is 2. The lowest BCUT2D eigenvalue weighted by molar-refractivity contribution is 0.148. The minimum absolute atomic E-state index is 0.0686. The van der Waals surface area contributed by atoms with Gasteiger partial charge in [0.15, 0.2) is 0 Å². The first kappa shape index (κ1) is 9.32. The normalized spacial score (nSPS) is 29.1. The van der Waals surface area contributed by atoms with Gasteiger partial charge in [0.25, 0.3) is 0 Å². The second-order valence-electron chi connectivity index (χ2n) is 3.29. The van der Waals surface area contributed by atoms with E-state index >= 15 is 0 Å². The molecular weight excluding hydrogens is 156 g/mol. The van der Waals surface area contributed by atoms with E-state index in [0.717, 1.165) is 0 Å². The molecule has 4 nitrogen and oxygen atoms in total. The summed E-state index contributed by atoms with van der Waals surface area (Å²) < 4.78 is 0. The maximum absolute atomic E-state index is 11.2. The second-order valence-corrected chi connectivity index (χ2v) is 3.29. The number of carbonyl (C=O) groups is 1. The summed E-state index contributed by atoms with van der Waals surface area (Å²) in [4.78, 5) is 12.9. The summed E-state index contributed by atoms with van der Waals surface area (Å²) in [7, 11) is 0. The lowest BCUT2D eigenvalue weighted by atomic mass is 10.1. The predicted molar refractivity (Wildman–Crippen MR) is 45.8 cm³/mol. The molecule has 2 unspecified atom stereocenters. The molecule has 1 saturated heterocycles. The van der Waals surface area contributed by atoms with Crippen molar-refractivity contribution in [3.05, 3.63) is 0 Å². The number of amides is 2. The Morgan fingerprint density at radius 3 is 2.75 bits per heavy atom. The van der Waals surface area contributed by atoms with Crippen molar-refractivity contribution in [3.63, 3.8) is 0 Å². The molecule has 0 aromatic carbocycles. The summed E-state index contributed by atoms with van der Waals surface area (Å²) in [6, 6.07) is -0.0686. The van der Waals surface area contributed by atoms with Gasteiger partial charge in [-0.3, -0.25) is 0 Å². The van der Waals surface area contributed by atoms with Gasteiger partial charge in [0.05, 0.1) is 6.10 Å². The predicted octanol–water partition coefficient (Wildman–Crippen LogP) is 0.0285. The van der Waals surface area contributed by atoms with Crippen LogP contribution in [0.3, 0.4) is 0 Å². The van der Waals surface area contributed by atoms with Crippen molar-refractivity contribution in [3.8, 4) is 0 Å². The van der Waals surface area contributed by atoms with Crippen LogP contribution in [0.5, 0.6) is 0 Å². The largest absolute Gasteiger partial charge is 0.391 e. The number of aliphatic hydroxyl groups excluding tert-OH is 1. The van der Waals surface area contributed by atoms with E-state index in [9.17, 15) is 9.90 Å². The van der Waals surface area contributed by atoms with E-state index in [4.69, 9.17) is 0 Å². The fourth-order valence-electron chi connectivity index (χ4n) is 1.38. The highest BCUT2D eigenvalue weighted by molar-refractivity contribution is 5.74. The number of urea groups is 1. The van der Waals surface area contributed by atoms with Crippen LogP contribution in [-0.2, 0) is 0 Å². The molecule has 4 heteroatoms. The van der Waals surface area contributed by atoms with Crippen LogP contribution in [0, 0.1) is 5.92 Å². The van der Waals surface area contributed by atoms with E-state index in [2.05, 4.69) is 5.32 Å². The minimum atomic E-state index is -0.354.